The average Bonchev–Trinajstić information content (AvgIpc) is 2.27. The zero-order valence-corrected chi connectivity index (χ0v) is 9.64. The summed E-state index contributed by atoms with van der Waals surface area (Å²) in [4.78, 5) is 0. The molecule has 4 heteroatoms. The van der Waals surface area contributed by atoms with Crippen molar-refractivity contribution in [2.24, 2.45) is 5.92 Å². The minimum atomic E-state index is -0.611. The van der Waals surface area contributed by atoms with E-state index in [1.54, 1.807) is 12.1 Å². The average molecular weight is 239 g/mol. The first-order valence-corrected chi connectivity index (χ1v) is 5.97. The van der Waals surface area contributed by atoms with Crippen molar-refractivity contribution in [2.75, 3.05) is 13.1 Å². The number of nitrogens with one attached hydrogen (secondary N) is 1. The molecule has 1 saturated carbocycles. The van der Waals surface area contributed by atoms with Gasteiger partial charge in [0.15, 0.2) is 0 Å². The Hall–Kier alpha value is -0.970. The molecule has 1 aromatic rings. The third-order valence-corrected chi connectivity index (χ3v) is 3.24. The zero-order chi connectivity index (χ0) is 12.3. The Labute approximate surface area is 100 Å². The van der Waals surface area contributed by atoms with Crippen LogP contribution in [0.1, 0.15) is 24.5 Å². The van der Waals surface area contributed by atoms with Crippen LogP contribution in [-0.2, 0) is 0 Å². The number of halogens is 1. The standard InChI is InChI=1S/C13H18FNO2/c14-11-3-1-10(2-4-11)13(17)8-15-7-9-5-12(16)6-9/h1-4,9,12-13,15-17H,5-8H2. The van der Waals surface area contributed by atoms with E-state index < -0.39 is 6.10 Å². The Bertz CT molecular complexity index is 349. The van der Waals surface area contributed by atoms with E-state index in [2.05, 4.69) is 5.32 Å². The van der Waals surface area contributed by atoms with Crippen molar-refractivity contribution in [2.45, 2.75) is 25.0 Å². The Morgan fingerprint density at radius 3 is 2.53 bits per heavy atom. The second-order valence-electron chi connectivity index (χ2n) is 4.72. The fourth-order valence-corrected chi connectivity index (χ4v) is 2.09. The fourth-order valence-electron chi connectivity index (χ4n) is 2.09. The molecule has 1 unspecified atom stereocenters. The molecular formula is C13H18FNO2. The SMILES string of the molecule is OC1CC(CNCC(O)c2ccc(F)cc2)C1. The van der Waals surface area contributed by atoms with Gasteiger partial charge in [-0.2, -0.15) is 0 Å². The molecule has 94 valence electrons. The number of rotatable bonds is 5. The lowest BCUT2D eigenvalue weighted by Gasteiger charge is -2.31. The predicted octanol–water partition coefficient (Wildman–Crippen LogP) is 1.22. The van der Waals surface area contributed by atoms with Gasteiger partial charge in [-0.25, -0.2) is 4.39 Å². The highest BCUT2D eigenvalue weighted by molar-refractivity contribution is 5.18. The van der Waals surface area contributed by atoms with Gasteiger partial charge in [0.25, 0.3) is 0 Å². The molecule has 3 N–H and O–H groups in total. The van der Waals surface area contributed by atoms with Gasteiger partial charge in [-0.05, 0) is 43.0 Å². The third kappa shape index (κ3) is 3.49. The van der Waals surface area contributed by atoms with Gasteiger partial charge in [0.2, 0.25) is 0 Å². The molecule has 0 bridgehead atoms. The van der Waals surface area contributed by atoms with Gasteiger partial charge in [-0.3, -0.25) is 0 Å². The molecule has 1 atom stereocenters. The first-order chi connectivity index (χ1) is 8.15. The van der Waals surface area contributed by atoms with E-state index in [9.17, 15) is 9.50 Å². The van der Waals surface area contributed by atoms with Crippen molar-refractivity contribution in [3.8, 4) is 0 Å². The number of hydrogen-bond acceptors (Lipinski definition) is 3. The Morgan fingerprint density at radius 1 is 1.29 bits per heavy atom. The Kier molecular flexibility index (Phi) is 4.10. The van der Waals surface area contributed by atoms with Crippen molar-refractivity contribution < 1.29 is 14.6 Å². The number of benzene rings is 1. The van der Waals surface area contributed by atoms with Crippen LogP contribution in [0.2, 0.25) is 0 Å². The molecule has 0 saturated heterocycles. The van der Waals surface area contributed by atoms with Crippen LogP contribution in [0.3, 0.4) is 0 Å². The van der Waals surface area contributed by atoms with Crippen LogP contribution in [-0.4, -0.2) is 29.4 Å². The lowest BCUT2D eigenvalue weighted by Crippen LogP contribution is -2.37. The van der Waals surface area contributed by atoms with Crippen LogP contribution >= 0.6 is 0 Å². The summed E-state index contributed by atoms with van der Waals surface area (Å²) >= 11 is 0. The van der Waals surface area contributed by atoms with Gasteiger partial charge in [0, 0.05) is 6.54 Å². The summed E-state index contributed by atoms with van der Waals surface area (Å²) in [7, 11) is 0. The summed E-state index contributed by atoms with van der Waals surface area (Å²) in [6, 6.07) is 5.88. The number of aliphatic hydroxyl groups is 2. The maximum absolute atomic E-state index is 12.7. The Balaban J connectivity index is 1.70. The quantitative estimate of drug-likeness (QED) is 0.724. The second kappa shape index (κ2) is 5.58. The van der Waals surface area contributed by atoms with Crippen LogP contribution in [0.25, 0.3) is 0 Å². The molecule has 2 rings (SSSR count). The summed E-state index contributed by atoms with van der Waals surface area (Å²) in [5, 5.41) is 22.1. The first kappa shape index (κ1) is 12.5. The fraction of sp³-hybridized carbons (Fsp3) is 0.538. The second-order valence-corrected chi connectivity index (χ2v) is 4.72. The normalized spacial score (nSPS) is 25.4. The third-order valence-electron chi connectivity index (χ3n) is 3.24. The zero-order valence-electron chi connectivity index (χ0n) is 9.64. The molecule has 0 aromatic heterocycles. The highest BCUT2D eigenvalue weighted by atomic mass is 19.1. The van der Waals surface area contributed by atoms with E-state index >= 15 is 0 Å². The van der Waals surface area contributed by atoms with Crippen LogP contribution in [0.4, 0.5) is 4.39 Å². The molecule has 17 heavy (non-hydrogen) atoms. The number of hydrogen-bond donors (Lipinski definition) is 3. The molecule has 3 nitrogen and oxygen atoms in total. The van der Waals surface area contributed by atoms with Gasteiger partial charge in [0.05, 0.1) is 12.2 Å². The highest BCUT2D eigenvalue weighted by Crippen LogP contribution is 2.26. The maximum atomic E-state index is 12.7. The first-order valence-electron chi connectivity index (χ1n) is 5.97. The maximum Gasteiger partial charge on any atom is 0.123 e. The summed E-state index contributed by atoms with van der Waals surface area (Å²) < 4.78 is 12.7. The Morgan fingerprint density at radius 2 is 1.94 bits per heavy atom. The lowest BCUT2D eigenvalue weighted by molar-refractivity contribution is 0.0415. The summed E-state index contributed by atoms with van der Waals surface area (Å²) in [5.74, 6) is 0.225. The van der Waals surface area contributed by atoms with E-state index in [-0.39, 0.29) is 11.9 Å². The summed E-state index contributed by atoms with van der Waals surface area (Å²) in [6.07, 6.45) is 0.948. The molecule has 1 aliphatic carbocycles. The van der Waals surface area contributed by atoms with Crippen LogP contribution in [0, 0.1) is 11.7 Å². The van der Waals surface area contributed by atoms with E-state index in [0.717, 1.165) is 19.4 Å². The van der Waals surface area contributed by atoms with Gasteiger partial charge in [-0.1, -0.05) is 12.1 Å². The molecule has 1 fully saturated rings. The summed E-state index contributed by atoms with van der Waals surface area (Å²) in [6.45, 7) is 1.27. The molecule has 0 aliphatic heterocycles. The van der Waals surface area contributed by atoms with E-state index in [4.69, 9.17) is 5.11 Å². The van der Waals surface area contributed by atoms with Crippen molar-refractivity contribution in [1.82, 2.24) is 5.32 Å². The van der Waals surface area contributed by atoms with E-state index in [1.807, 2.05) is 0 Å². The van der Waals surface area contributed by atoms with Crippen LogP contribution < -0.4 is 5.32 Å². The van der Waals surface area contributed by atoms with Crippen LogP contribution in [0.5, 0.6) is 0 Å². The highest BCUT2D eigenvalue weighted by Gasteiger charge is 2.26. The molecule has 0 radical (unpaired) electrons. The molecule has 0 heterocycles. The van der Waals surface area contributed by atoms with Gasteiger partial charge < -0.3 is 15.5 Å². The van der Waals surface area contributed by atoms with E-state index in [1.165, 1.54) is 12.1 Å². The number of aliphatic hydroxyl groups excluding tert-OH is 2. The van der Waals surface area contributed by atoms with Crippen molar-refractivity contribution in [1.29, 1.82) is 0 Å². The van der Waals surface area contributed by atoms with Gasteiger partial charge in [-0.15, -0.1) is 0 Å². The van der Waals surface area contributed by atoms with Crippen LogP contribution in [0.15, 0.2) is 24.3 Å². The smallest absolute Gasteiger partial charge is 0.123 e. The molecule has 1 aliphatic rings. The van der Waals surface area contributed by atoms with Gasteiger partial charge >= 0.3 is 0 Å². The largest absolute Gasteiger partial charge is 0.393 e. The molecule has 0 amide bonds. The van der Waals surface area contributed by atoms with E-state index in [0.29, 0.717) is 18.0 Å². The molecule has 0 spiro atoms. The minimum absolute atomic E-state index is 0.135. The molecular weight excluding hydrogens is 221 g/mol. The van der Waals surface area contributed by atoms with Crippen molar-refractivity contribution >= 4 is 0 Å². The predicted molar refractivity (Wildman–Crippen MR) is 63.0 cm³/mol. The molecule has 1 aromatic carbocycles. The summed E-state index contributed by atoms with van der Waals surface area (Å²) in [5.41, 5.74) is 0.715. The lowest BCUT2D eigenvalue weighted by atomic mass is 9.82. The van der Waals surface area contributed by atoms with Crippen molar-refractivity contribution in [3.05, 3.63) is 35.6 Å². The topological polar surface area (TPSA) is 52.5 Å². The van der Waals surface area contributed by atoms with Gasteiger partial charge in [0.1, 0.15) is 5.82 Å². The van der Waals surface area contributed by atoms with Crippen molar-refractivity contribution in [3.63, 3.8) is 0 Å². The minimum Gasteiger partial charge on any atom is -0.393 e. The monoisotopic (exact) mass is 239 g/mol.